The third-order valence-electron chi connectivity index (χ3n) is 5.50. The number of nitrogens with zero attached hydrogens (tertiary/aromatic N) is 5. The molecule has 0 N–H and O–H groups in total. The van der Waals surface area contributed by atoms with Crippen molar-refractivity contribution in [3.63, 3.8) is 0 Å². The van der Waals surface area contributed by atoms with E-state index in [9.17, 15) is 9.59 Å². The molecule has 8 nitrogen and oxygen atoms in total. The molecule has 0 radical (unpaired) electrons. The van der Waals surface area contributed by atoms with E-state index in [0.717, 1.165) is 5.39 Å². The van der Waals surface area contributed by atoms with Crippen LogP contribution in [0.25, 0.3) is 22.1 Å². The Balaban J connectivity index is 1.38. The SMILES string of the molecule is C=CCn1c(=O)c(N2CCN(C(=O)c3cc4ccccc4o3)CC2)nc2cccnc21. The van der Waals surface area contributed by atoms with Gasteiger partial charge in [-0.25, -0.2) is 9.97 Å². The summed E-state index contributed by atoms with van der Waals surface area (Å²) in [5, 5.41) is 0.904. The molecule has 4 aromatic rings. The number of rotatable bonds is 4. The minimum Gasteiger partial charge on any atom is -0.451 e. The van der Waals surface area contributed by atoms with Gasteiger partial charge in [0.2, 0.25) is 0 Å². The van der Waals surface area contributed by atoms with Gasteiger partial charge in [0.25, 0.3) is 11.5 Å². The number of hydrogen-bond donors (Lipinski definition) is 0. The lowest BCUT2D eigenvalue weighted by atomic mass is 10.2. The molecular weight excluding hydrogens is 394 g/mol. The van der Waals surface area contributed by atoms with E-state index in [1.165, 1.54) is 0 Å². The summed E-state index contributed by atoms with van der Waals surface area (Å²) in [6, 6.07) is 13.0. The normalized spacial score (nSPS) is 14.3. The zero-order chi connectivity index (χ0) is 21.4. The van der Waals surface area contributed by atoms with Crippen molar-refractivity contribution in [3.05, 3.63) is 77.4 Å². The summed E-state index contributed by atoms with van der Waals surface area (Å²) in [5.74, 6) is 0.562. The van der Waals surface area contributed by atoms with Gasteiger partial charge in [-0.15, -0.1) is 6.58 Å². The number of fused-ring (bicyclic) bond motifs is 2. The smallest absolute Gasteiger partial charge is 0.295 e. The van der Waals surface area contributed by atoms with Crippen LogP contribution in [-0.4, -0.2) is 51.5 Å². The van der Waals surface area contributed by atoms with Crippen LogP contribution in [0.15, 0.2) is 70.5 Å². The Kier molecular flexibility index (Phi) is 4.74. The molecule has 0 bridgehead atoms. The van der Waals surface area contributed by atoms with E-state index >= 15 is 0 Å². The molecule has 0 aliphatic carbocycles. The van der Waals surface area contributed by atoms with Gasteiger partial charge in [-0.2, -0.15) is 0 Å². The second-order valence-corrected chi connectivity index (χ2v) is 7.41. The Morgan fingerprint density at radius 1 is 1.13 bits per heavy atom. The summed E-state index contributed by atoms with van der Waals surface area (Å²) in [5.41, 5.74) is 1.68. The zero-order valence-corrected chi connectivity index (χ0v) is 16.9. The summed E-state index contributed by atoms with van der Waals surface area (Å²) in [4.78, 5) is 38.5. The van der Waals surface area contributed by atoms with E-state index in [1.54, 1.807) is 33.9 Å². The van der Waals surface area contributed by atoms with Crippen LogP contribution in [0.1, 0.15) is 10.6 Å². The second kappa shape index (κ2) is 7.71. The van der Waals surface area contributed by atoms with E-state index in [4.69, 9.17) is 4.42 Å². The van der Waals surface area contributed by atoms with E-state index < -0.39 is 0 Å². The number of benzene rings is 1. The van der Waals surface area contributed by atoms with Crippen LogP contribution in [-0.2, 0) is 6.54 Å². The standard InChI is InChI=1S/C23H21N5O3/c1-2-10-28-20-17(7-5-9-24-20)25-21(23(28)30)26-11-13-27(14-12-26)22(29)19-15-16-6-3-4-8-18(16)31-19/h2-9,15H,1,10-14H2. The Morgan fingerprint density at radius 3 is 2.71 bits per heavy atom. The monoisotopic (exact) mass is 415 g/mol. The van der Waals surface area contributed by atoms with Crippen LogP contribution in [0, 0.1) is 0 Å². The molecule has 1 aliphatic heterocycles. The van der Waals surface area contributed by atoms with Gasteiger partial charge in [0.05, 0.1) is 0 Å². The lowest BCUT2D eigenvalue weighted by Crippen LogP contribution is -2.50. The number of furan rings is 1. The second-order valence-electron chi connectivity index (χ2n) is 7.41. The number of pyridine rings is 1. The summed E-state index contributed by atoms with van der Waals surface area (Å²) >= 11 is 0. The van der Waals surface area contributed by atoms with Gasteiger partial charge in [0.1, 0.15) is 11.1 Å². The number of para-hydroxylation sites is 1. The molecule has 1 fully saturated rings. The number of allylic oxidation sites excluding steroid dienone is 1. The Bertz CT molecular complexity index is 1320. The molecule has 31 heavy (non-hydrogen) atoms. The highest BCUT2D eigenvalue weighted by Gasteiger charge is 2.27. The molecule has 1 saturated heterocycles. The zero-order valence-electron chi connectivity index (χ0n) is 16.9. The molecule has 5 rings (SSSR count). The lowest BCUT2D eigenvalue weighted by Gasteiger charge is -2.34. The van der Waals surface area contributed by atoms with Gasteiger partial charge in [-0.1, -0.05) is 24.3 Å². The summed E-state index contributed by atoms with van der Waals surface area (Å²) in [6.07, 6.45) is 3.31. The third kappa shape index (κ3) is 3.35. The van der Waals surface area contributed by atoms with Gasteiger partial charge in [0.15, 0.2) is 17.2 Å². The van der Waals surface area contributed by atoms with Crippen molar-refractivity contribution in [1.82, 2.24) is 19.4 Å². The molecule has 0 unspecified atom stereocenters. The molecule has 1 aliphatic rings. The van der Waals surface area contributed by atoms with Crippen LogP contribution in [0.2, 0.25) is 0 Å². The number of piperazine rings is 1. The van der Waals surface area contributed by atoms with Crippen molar-refractivity contribution in [1.29, 1.82) is 0 Å². The maximum absolute atomic E-state index is 13.1. The first-order chi connectivity index (χ1) is 15.2. The molecule has 0 atom stereocenters. The number of carbonyl (C=O) groups excluding carboxylic acids is 1. The van der Waals surface area contributed by atoms with E-state index in [1.807, 2.05) is 35.2 Å². The van der Waals surface area contributed by atoms with Crippen LogP contribution >= 0.6 is 0 Å². The molecule has 3 aromatic heterocycles. The highest BCUT2D eigenvalue weighted by atomic mass is 16.3. The van der Waals surface area contributed by atoms with Crippen LogP contribution in [0.4, 0.5) is 5.82 Å². The molecule has 0 saturated carbocycles. The molecule has 0 spiro atoms. The minimum atomic E-state index is -0.205. The van der Waals surface area contributed by atoms with Gasteiger partial charge in [-0.3, -0.25) is 14.2 Å². The lowest BCUT2D eigenvalue weighted by molar-refractivity contribution is 0.0717. The Morgan fingerprint density at radius 2 is 1.94 bits per heavy atom. The maximum atomic E-state index is 13.1. The highest BCUT2D eigenvalue weighted by Crippen LogP contribution is 2.21. The number of amides is 1. The highest BCUT2D eigenvalue weighted by molar-refractivity contribution is 5.96. The van der Waals surface area contributed by atoms with Crippen molar-refractivity contribution in [2.45, 2.75) is 6.54 Å². The molecule has 156 valence electrons. The van der Waals surface area contributed by atoms with E-state index in [-0.39, 0.29) is 11.5 Å². The quantitative estimate of drug-likeness (QED) is 0.477. The fourth-order valence-corrected chi connectivity index (χ4v) is 3.93. The largest absolute Gasteiger partial charge is 0.451 e. The van der Waals surface area contributed by atoms with Crippen LogP contribution in [0.5, 0.6) is 0 Å². The molecule has 1 amide bonds. The van der Waals surface area contributed by atoms with Crippen molar-refractivity contribution in [2.75, 3.05) is 31.1 Å². The van der Waals surface area contributed by atoms with Gasteiger partial charge in [-0.05, 0) is 24.3 Å². The first-order valence-electron chi connectivity index (χ1n) is 10.1. The maximum Gasteiger partial charge on any atom is 0.295 e. The predicted molar refractivity (Wildman–Crippen MR) is 118 cm³/mol. The van der Waals surface area contributed by atoms with E-state index in [0.29, 0.717) is 61.0 Å². The molecule has 1 aromatic carbocycles. The number of aromatic nitrogens is 3. The van der Waals surface area contributed by atoms with E-state index in [2.05, 4.69) is 16.5 Å². The fourth-order valence-electron chi connectivity index (χ4n) is 3.93. The Hall–Kier alpha value is -3.94. The average Bonchev–Trinajstić information content (AvgIpc) is 3.25. The van der Waals surface area contributed by atoms with Crippen molar-refractivity contribution in [2.24, 2.45) is 0 Å². The molecular formula is C23H21N5O3. The first-order valence-corrected chi connectivity index (χ1v) is 10.1. The van der Waals surface area contributed by atoms with Gasteiger partial charge in [0, 0.05) is 44.3 Å². The number of carbonyl (C=O) groups is 1. The summed E-state index contributed by atoms with van der Waals surface area (Å²) < 4.78 is 7.30. The van der Waals surface area contributed by atoms with Gasteiger partial charge >= 0.3 is 0 Å². The summed E-state index contributed by atoms with van der Waals surface area (Å²) in [7, 11) is 0. The number of anilines is 1. The van der Waals surface area contributed by atoms with Crippen molar-refractivity contribution >= 4 is 33.9 Å². The molecule has 8 heteroatoms. The fraction of sp³-hybridized carbons (Fsp3) is 0.217. The number of hydrogen-bond acceptors (Lipinski definition) is 6. The predicted octanol–water partition coefficient (Wildman–Crippen LogP) is 2.69. The van der Waals surface area contributed by atoms with Crippen molar-refractivity contribution in [3.8, 4) is 0 Å². The van der Waals surface area contributed by atoms with Crippen LogP contribution in [0.3, 0.4) is 0 Å². The minimum absolute atomic E-state index is 0.143. The Labute approximate surface area is 178 Å². The molecule has 4 heterocycles. The first kappa shape index (κ1) is 19.0. The van der Waals surface area contributed by atoms with Crippen molar-refractivity contribution < 1.29 is 9.21 Å². The van der Waals surface area contributed by atoms with Crippen LogP contribution < -0.4 is 10.5 Å². The average molecular weight is 415 g/mol. The van der Waals surface area contributed by atoms with Gasteiger partial charge < -0.3 is 14.2 Å². The third-order valence-corrected chi connectivity index (χ3v) is 5.50. The topological polar surface area (TPSA) is 84.5 Å². The summed E-state index contributed by atoms with van der Waals surface area (Å²) in [6.45, 7) is 6.07.